The molecule has 12 heavy (non-hydrogen) atoms. The minimum absolute atomic E-state index is 0.136. The minimum Gasteiger partial charge on any atom is -0.272 e. The second-order valence-electron chi connectivity index (χ2n) is 2.19. The average molecular weight is 203 g/mol. The van der Waals surface area contributed by atoms with E-state index in [1.807, 2.05) is 6.92 Å². The molecule has 0 bridgehead atoms. The summed E-state index contributed by atoms with van der Waals surface area (Å²) in [4.78, 5) is 15.3. The molecule has 66 valence electrons. The maximum atomic E-state index is 10.9. The SMILES string of the molecule is Cc1nn(C)c(=NC(=O)CS)s1. The van der Waals surface area contributed by atoms with Gasteiger partial charge in [0.25, 0.3) is 5.91 Å². The Morgan fingerprint density at radius 3 is 2.92 bits per heavy atom. The van der Waals surface area contributed by atoms with Crippen LogP contribution in [0.4, 0.5) is 0 Å². The predicted octanol–water partition coefficient (Wildman–Crippen LogP) is 0.147. The van der Waals surface area contributed by atoms with Gasteiger partial charge in [-0.15, -0.1) is 0 Å². The van der Waals surface area contributed by atoms with E-state index in [1.165, 1.54) is 11.3 Å². The molecular formula is C6H9N3OS2. The molecule has 0 saturated carbocycles. The van der Waals surface area contributed by atoms with Crippen molar-refractivity contribution in [3.63, 3.8) is 0 Å². The quantitative estimate of drug-likeness (QED) is 0.660. The standard InChI is InChI=1S/C6H9N3OS2/c1-4-8-9(2)6(12-4)7-5(10)3-11/h11H,3H2,1-2H3. The summed E-state index contributed by atoms with van der Waals surface area (Å²) in [6, 6.07) is 0. The number of aryl methyl sites for hydroxylation is 2. The molecule has 0 fully saturated rings. The first kappa shape index (κ1) is 9.47. The molecule has 0 aromatic carbocycles. The lowest BCUT2D eigenvalue weighted by Crippen LogP contribution is -2.14. The zero-order valence-corrected chi connectivity index (χ0v) is 8.52. The molecule has 0 aliphatic carbocycles. The number of thiol groups is 1. The fourth-order valence-corrected chi connectivity index (χ4v) is 1.53. The Bertz CT molecular complexity index is 352. The zero-order valence-electron chi connectivity index (χ0n) is 6.81. The summed E-state index contributed by atoms with van der Waals surface area (Å²) in [5.74, 6) is -0.102. The minimum atomic E-state index is -0.238. The number of amides is 1. The number of aromatic nitrogens is 2. The molecule has 6 heteroatoms. The van der Waals surface area contributed by atoms with Crippen LogP contribution in [0.15, 0.2) is 4.99 Å². The van der Waals surface area contributed by atoms with E-state index in [-0.39, 0.29) is 11.7 Å². The Morgan fingerprint density at radius 1 is 1.83 bits per heavy atom. The fraction of sp³-hybridized carbons (Fsp3) is 0.500. The van der Waals surface area contributed by atoms with Gasteiger partial charge in [-0.1, -0.05) is 11.3 Å². The van der Waals surface area contributed by atoms with Crippen molar-refractivity contribution in [1.29, 1.82) is 0 Å². The molecule has 1 aromatic heterocycles. The fourth-order valence-electron chi connectivity index (χ4n) is 0.710. The maximum absolute atomic E-state index is 10.9. The lowest BCUT2D eigenvalue weighted by molar-refractivity contribution is -0.115. The van der Waals surface area contributed by atoms with Crippen molar-refractivity contribution in [2.75, 3.05) is 5.75 Å². The van der Waals surface area contributed by atoms with Gasteiger partial charge in [0.1, 0.15) is 5.01 Å². The van der Waals surface area contributed by atoms with Gasteiger partial charge in [-0.25, -0.2) is 4.68 Å². The molecular weight excluding hydrogens is 194 g/mol. The van der Waals surface area contributed by atoms with Crippen molar-refractivity contribution >= 4 is 29.9 Å². The van der Waals surface area contributed by atoms with Gasteiger partial charge in [0.15, 0.2) is 0 Å². The number of carbonyl (C=O) groups is 1. The van der Waals surface area contributed by atoms with Gasteiger partial charge in [-0.2, -0.15) is 22.7 Å². The highest BCUT2D eigenvalue weighted by Gasteiger charge is 1.98. The van der Waals surface area contributed by atoms with E-state index in [4.69, 9.17) is 0 Å². The molecule has 0 aliphatic heterocycles. The van der Waals surface area contributed by atoms with Gasteiger partial charge >= 0.3 is 0 Å². The van der Waals surface area contributed by atoms with Crippen LogP contribution in [0.25, 0.3) is 0 Å². The molecule has 0 unspecified atom stereocenters. The van der Waals surface area contributed by atoms with Crippen LogP contribution >= 0.6 is 24.0 Å². The van der Waals surface area contributed by atoms with Crippen molar-refractivity contribution in [2.24, 2.45) is 12.0 Å². The van der Waals surface area contributed by atoms with Crippen molar-refractivity contribution < 1.29 is 4.79 Å². The molecule has 0 N–H and O–H groups in total. The first-order valence-electron chi connectivity index (χ1n) is 3.32. The lowest BCUT2D eigenvalue weighted by Gasteiger charge is -1.85. The van der Waals surface area contributed by atoms with E-state index in [0.717, 1.165) is 5.01 Å². The summed E-state index contributed by atoms with van der Waals surface area (Å²) in [7, 11) is 1.76. The first-order valence-corrected chi connectivity index (χ1v) is 4.77. The van der Waals surface area contributed by atoms with Gasteiger partial charge in [0.2, 0.25) is 4.80 Å². The largest absolute Gasteiger partial charge is 0.272 e. The number of carbonyl (C=O) groups excluding carboxylic acids is 1. The number of hydrogen-bond acceptors (Lipinski definition) is 4. The van der Waals surface area contributed by atoms with E-state index >= 15 is 0 Å². The van der Waals surface area contributed by atoms with Crippen LogP contribution in [-0.2, 0) is 11.8 Å². The molecule has 0 aliphatic rings. The van der Waals surface area contributed by atoms with E-state index < -0.39 is 0 Å². The second-order valence-corrected chi connectivity index (χ2v) is 3.67. The van der Waals surface area contributed by atoms with Gasteiger partial charge in [-0.3, -0.25) is 4.79 Å². The van der Waals surface area contributed by atoms with E-state index in [2.05, 4.69) is 22.7 Å². The third-order valence-electron chi connectivity index (χ3n) is 1.16. The van der Waals surface area contributed by atoms with E-state index in [9.17, 15) is 4.79 Å². The Morgan fingerprint density at radius 2 is 2.50 bits per heavy atom. The average Bonchev–Trinajstić information content (AvgIpc) is 2.30. The molecule has 0 radical (unpaired) electrons. The maximum Gasteiger partial charge on any atom is 0.258 e. The second kappa shape index (κ2) is 3.86. The van der Waals surface area contributed by atoms with E-state index in [1.54, 1.807) is 11.7 Å². The molecule has 0 saturated heterocycles. The lowest BCUT2D eigenvalue weighted by atomic mass is 10.7. The number of nitrogens with zero attached hydrogens (tertiary/aromatic N) is 3. The highest BCUT2D eigenvalue weighted by Crippen LogP contribution is 1.93. The summed E-state index contributed by atoms with van der Waals surface area (Å²) in [5, 5.41) is 4.95. The van der Waals surface area contributed by atoms with E-state index in [0.29, 0.717) is 4.80 Å². The third-order valence-corrected chi connectivity index (χ3v) is 2.35. The summed E-state index contributed by atoms with van der Waals surface area (Å²) >= 11 is 5.21. The smallest absolute Gasteiger partial charge is 0.258 e. The highest BCUT2D eigenvalue weighted by molar-refractivity contribution is 7.81. The highest BCUT2D eigenvalue weighted by atomic mass is 32.1. The van der Waals surface area contributed by atoms with Crippen molar-refractivity contribution in [1.82, 2.24) is 9.78 Å². The normalized spacial score (nSPS) is 12.1. The molecule has 0 atom stereocenters. The summed E-state index contributed by atoms with van der Waals surface area (Å²) in [6.45, 7) is 1.87. The Balaban J connectivity index is 3.09. The van der Waals surface area contributed by atoms with Gasteiger partial charge in [0, 0.05) is 7.05 Å². The summed E-state index contributed by atoms with van der Waals surface area (Å²) in [6.07, 6.45) is 0. The Hall–Kier alpha value is -0.620. The summed E-state index contributed by atoms with van der Waals surface area (Å²) in [5.41, 5.74) is 0. The zero-order chi connectivity index (χ0) is 9.14. The monoisotopic (exact) mass is 203 g/mol. The van der Waals surface area contributed by atoms with Crippen LogP contribution in [0.2, 0.25) is 0 Å². The number of rotatable bonds is 1. The van der Waals surface area contributed by atoms with Crippen molar-refractivity contribution in [3.05, 3.63) is 9.81 Å². The molecule has 0 spiro atoms. The third kappa shape index (κ3) is 2.18. The summed E-state index contributed by atoms with van der Waals surface area (Å²) < 4.78 is 1.58. The molecule has 1 amide bonds. The number of hydrogen-bond donors (Lipinski definition) is 1. The molecule has 1 heterocycles. The Labute approximate surface area is 79.4 Å². The first-order chi connectivity index (χ1) is 5.63. The van der Waals surface area contributed by atoms with Crippen molar-refractivity contribution in [2.45, 2.75) is 6.92 Å². The van der Waals surface area contributed by atoms with Crippen LogP contribution in [0, 0.1) is 6.92 Å². The predicted molar refractivity (Wildman–Crippen MR) is 50.2 cm³/mol. The van der Waals surface area contributed by atoms with Crippen molar-refractivity contribution in [3.8, 4) is 0 Å². The van der Waals surface area contributed by atoms with Crippen LogP contribution in [0.3, 0.4) is 0 Å². The van der Waals surface area contributed by atoms with Crippen LogP contribution in [0.1, 0.15) is 5.01 Å². The van der Waals surface area contributed by atoms with Crippen LogP contribution < -0.4 is 4.80 Å². The van der Waals surface area contributed by atoms with Gasteiger partial charge in [-0.05, 0) is 6.92 Å². The molecule has 1 aromatic rings. The molecule has 4 nitrogen and oxygen atoms in total. The topological polar surface area (TPSA) is 47.2 Å². The van der Waals surface area contributed by atoms with Crippen LogP contribution in [0.5, 0.6) is 0 Å². The molecule has 1 rings (SSSR count). The van der Waals surface area contributed by atoms with Crippen LogP contribution in [-0.4, -0.2) is 21.4 Å². The Kier molecular flexibility index (Phi) is 3.05. The van der Waals surface area contributed by atoms with Gasteiger partial charge in [0.05, 0.1) is 5.75 Å². The van der Waals surface area contributed by atoms with Gasteiger partial charge < -0.3 is 0 Å².